The Morgan fingerprint density at radius 2 is 1.20 bits per heavy atom. The molecule has 0 aliphatic rings. The molecule has 6 aromatic rings. The molecule has 3 N–H and O–H groups in total. The van der Waals surface area contributed by atoms with Crippen molar-refractivity contribution in [2.75, 3.05) is 50.1 Å². The average Bonchev–Trinajstić information content (AvgIpc) is 3.81. The normalized spacial score (nSPS) is 11.1. The molecule has 0 aliphatic carbocycles. The molecule has 0 unspecified atom stereocenters. The van der Waals surface area contributed by atoms with E-state index in [9.17, 15) is 4.79 Å². The predicted molar refractivity (Wildman–Crippen MR) is 220 cm³/mol. The van der Waals surface area contributed by atoms with Crippen LogP contribution in [-0.4, -0.2) is 91.8 Å². The van der Waals surface area contributed by atoms with E-state index in [2.05, 4.69) is 45.2 Å². The van der Waals surface area contributed by atoms with Gasteiger partial charge in [0.1, 0.15) is 28.9 Å². The Labute approximate surface area is 330 Å². The quantitative estimate of drug-likeness (QED) is 0.137. The summed E-state index contributed by atoms with van der Waals surface area (Å²) in [6.45, 7) is 11.7. The van der Waals surface area contributed by atoms with Crippen molar-refractivity contribution < 1.29 is 9.53 Å². The Morgan fingerprint density at radius 1 is 0.745 bits per heavy atom. The highest BCUT2D eigenvalue weighted by Gasteiger charge is 2.16. The van der Waals surface area contributed by atoms with E-state index >= 15 is 0 Å². The van der Waals surface area contributed by atoms with Crippen LogP contribution in [0.1, 0.15) is 53.8 Å². The lowest BCUT2D eigenvalue weighted by Gasteiger charge is -2.22. The largest absolute Gasteiger partial charge is 0.444 e. The number of likely N-dealkylation sites (N-methyl/N-ethyl adjacent to an activating group) is 2. The summed E-state index contributed by atoms with van der Waals surface area (Å²) in [6, 6.07) is 11.9. The number of hydrogen-bond donors (Lipinski definition) is 2. The lowest BCUT2D eigenvalue weighted by atomic mass is 10.2. The molecule has 6 heterocycles. The molecule has 0 aliphatic heterocycles. The number of aromatic nitrogens is 8. The summed E-state index contributed by atoms with van der Waals surface area (Å²) in [5.74, 6) is 3.16. The van der Waals surface area contributed by atoms with Crippen LogP contribution in [0.25, 0.3) is 20.9 Å². The van der Waals surface area contributed by atoms with Crippen molar-refractivity contribution in [1.29, 1.82) is 0 Å². The fourth-order valence-electron chi connectivity index (χ4n) is 5.25. The molecule has 16 heteroatoms. The van der Waals surface area contributed by atoms with Crippen molar-refractivity contribution in [1.82, 2.24) is 45.2 Å². The van der Waals surface area contributed by atoms with E-state index in [1.807, 2.05) is 107 Å². The number of rotatable bonds is 13. The van der Waals surface area contributed by atoms with E-state index in [0.717, 1.165) is 66.3 Å². The van der Waals surface area contributed by atoms with Crippen LogP contribution in [0.3, 0.4) is 0 Å². The van der Waals surface area contributed by atoms with Gasteiger partial charge < -0.3 is 25.6 Å². The highest BCUT2D eigenvalue weighted by atomic mass is 32.1. The van der Waals surface area contributed by atoms with Gasteiger partial charge in [-0.05, 0) is 70.0 Å². The van der Waals surface area contributed by atoms with Crippen molar-refractivity contribution in [3.63, 3.8) is 0 Å². The minimum atomic E-state index is -0.512. The molecule has 0 bridgehead atoms. The molecule has 288 valence electrons. The first-order valence-electron chi connectivity index (χ1n) is 17.8. The lowest BCUT2D eigenvalue weighted by Crippen LogP contribution is -2.37. The highest BCUT2D eigenvalue weighted by Crippen LogP contribution is 2.28. The molecule has 0 radical (unpaired) electrons. The molecule has 14 nitrogen and oxygen atoms in total. The molecule has 0 aromatic carbocycles. The number of nitrogens with two attached hydrogens (primary N) is 1. The fraction of sp³-hybridized carbons (Fsp3) is 0.359. The van der Waals surface area contributed by atoms with Gasteiger partial charge in [-0.25, -0.2) is 34.7 Å². The molecule has 6 rings (SSSR count). The summed E-state index contributed by atoms with van der Waals surface area (Å²) in [6.07, 6.45) is 11.9. The zero-order chi connectivity index (χ0) is 39.4. The number of nitrogens with one attached hydrogen (secondary N) is 1. The van der Waals surface area contributed by atoms with Crippen LogP contribution < -0.4 is 20.9 Å². The SMILES string of the molecule is Cc1nc(Cc2ncc(-c3ccncc3)s2)cc(N(C)CCN)n1.Cc1nc(Cc2ncc(-c3ccncc3)s2)cc(N(C)CCNC(=O)OC(C)(C)C)n1. The van der Waals surface area contributed by atoms with Gasteiger partial charge in [0.05, 0.1) is 31.2 Å². The third kappa shape index (κ3) is 12.8. The average molecular weight is 781 g/mol. The van der Waals surface area contributed by atoms with Gasteiger partial charge in [-0.3, -0.25) is 9.97 Å². The number of ether oxygens (including phenoxy) is 1. The number of alkyl carbamates (subject to hydrolysis) is 1. The van der Waals surface area contributed by atoms with Crippen molar-refractivity contribution in [2.45, 2.75) is 53.1 Å². The summed E-state index contributed by atoms with van der Waals surface area (Å²) in [5, 5.41) is 4.79. The summed E-state index contributed by atoms with van der Waals surface area (Å²) in [4.78, 5) is 53.4. The minimum Gasteiger partial charge on any atom is -0.444 e. The molecule has 0 fully saturated rings. The van der Waals surface area contributed by atoms with Crippen LogP contribution in [0, 0.1) is 13.8 Å². The first-order chi connectivity index (χ1) is 26.3. The van der Waals surface area contributed by atoms with Crippen LogP contribution in [0.15, 0.2) is 73.6 Å². The van der Waals surface area contributed by atoms with E-state index in [-0.39, 0.29) is 0 Å². The molecule has 0 saturated heterocycles. The van der Waals surface area contributed by atoms with Crippen molar-refractivity contribution in [2.24, 2.45) is 5.73 Å². The second-order valence-corrected chi connectivity index (χ2v) is 15.9. The molecule has 55 heavy (non-hydrogen) atoms. The molecule has 0 atom stereocenters. The van der Waals surface area contributed by atoms with Crippen LogP contribution in [0.2, 0.25) is 0 Å². The topological polar surface area (TPSA) is 174 Å². The number of pyridine rings is 2. The third-order valence-corrected chi connectivity index (χ3v) is 9.91. The number of aryl methyl sites for hydroxylation is 2. The Balaban J connectivity index is 0.000000218. The van der Waals surface area contributed by atoms with Gasteiger partial charge >= 0.3 is 6.09 Å². The first-order valence-corrected chi connectivity index (χ1v) is 19.5. The number of carbonyl (C=O) groups excluding carboxylic acids is 1. The third-order valence-electron chi connectivity index (χ3n) is 7.82. The molecular formula is C39H48N12O2S2. The van der Waals surface area contributed by atoms with Crippen LogP contribution in [0.4, 0.5) is 16.4 Å². The molecule has 6 aromatic heterocycles. The van der Waals surface area contributed by atoms with Crippen molar-refractivity contribution >= 4 is 40.4 Å². The smallest absolute Gasteiger partial charge is 0.407 e. The number of anilines is 2. The van der Waals surface area contributed by atoms with Crippen molar-refractivity contribution in [3.05, 3.63) is 107 Å². The standard InChI is InChI=1S/C22H28N6O2S.C17H20N6S/c1-15-26-17(13-20-25-14-18(31-20)16-6-8-23-9-7-16)12-19(27-15)28(5)11-10-24-21(29)30-22(2,3)4;1-12-21-14(9-16(22-12)23(2)8-5-18)10-17-20-11-15(24-17)13-3-6-19-7-4-13/h6-9,12,14H,10-11,13H2,1-5H3,(H,24,29);3-4,6-7,9,11H,5,8,10,18H2,1-2H3. The van der Waals surface area contributed by atoms with E-state index in [4.69, 9.17) is 10.5 Å². The number of nitrogens with zero attached hydrogens (tertiary/aromatic N) is 10. The Bertz CT molecular complexity index is 2120. The second kappa shape index (κ2) is 19.2. The molecular weight excluding hydrogens is 733 g/mol. The zero-order valence-electron chi connectivity index (χ0n) is 32.4. The van der Waals surface area contributed by atoms with Gasteiger partial charge in [0, 0.05) is 102 Å². The summed E-state index contributed by atoms with van der Waals surface area (Å²) in [5.41, 5.74) is 9.23. The second-order valence-electron chi connectivity index (χ2n) is 13.7. The predicted octanol–water partition coefficient (Wildman–Crippen LogP) is 6.14. The van der Waals surface area contributed by atoms with Crippen molar-refractivity contribution in [3.8, 4) is 20.9 Å². The highest BCUT2D eigenvalue weighted by molar-refractivity contribution is 7.15. The van der Waals surface area contributed by atoms with Crippen LogP contribution in [0.5, 0.6) is 0 Å². The summed E-state index contributed by atoms with van der Waals surface area (Å²) in [7, 11) is 3.93. The van der Waals surface area contributed by atoms with Gasteiger partial charge in [0.25, 0.3) is 0 Å². The Kier molecular flexibility index (Phi) is 14.2. The number of amides is 1. The molecule has 0 spiro atoms. The van der Waals surface area contributed by atoms with Crippen LogP contribution in [-0.2, 0) is 17.6 Å². The fourth-order valence-corrected chi connectivity index (χ4v) is 7.13. The molecule has 1 amide bonds. The number of carbonyl (C=O) groups is 1. The van der Waals surface area contributed by atoms with Gasteiger partial charge in [-0.2, -0.15) is 0 Å². The maximum atomic E-state index is 11.8. The van der Waals surface area contributed by atoms with Gasteiger partial charge in [-0.15, -0.1) is 22.7 Å². The monoisotopic (exact) mass is 780 g/mol. The van der Waals surface area contributed by atoms with Gasteiger partial charge in [0.15, 0.2) is 0 Å². The molecule has 0 saturated carbocycles. The number of hydrogen-bond acceptors (Lipinski definition) is 15. The lowest BCUT2D eigenvalue weighted by molar-refractivity contribution is 0.0529. The maximum absolute atomic E-state index is 11.8. The van der Waals surface area contributed by atoms with E-state index in [1.54, 1.807) is 47.5 Å². The summed E-state index contributed by atoms with van der Waals surface area (Å²) < 4.78 is 5.26. The zero-order valence-corrected chi connectivity index (χ0v) is 34.0. The van der Waals surface area contributed by atoms with Crippen LogP contribution >= 0.6 is 22.7 Å². The Morgan fingerprint density at radius 3 is 1.64 bits per heavy atom. The van der Waals surface area contributed by atoms with E-state index in [1.165, 1.54) is 0 Å². The van der Waals surface area contributed by atoms with E-state index in [0.29, 0.717) is 38.3 Å². The van der Waals surface area contributed by atoms with Gasteiger partial charge in [-0.1, -0.05) is 0 Å². The van der Waals surface area contributed by atoms with E-state index < -0.39 is 11.7 Å². The maximum Gasteiger partial charge on any atom is 0.407 e. The van der Waals surface area contributed by atoms with Gasteiger partial charge in [0.2, 0.25) is 0 Å². The number of thiazole rings is 2. The first kappa shape index (κ1) is 40.7. The Hall–Kier alpha value is -5.45. The minimum absolute atomic E-state index is 0.422. The summed E-state index contributed by atoms with van der Waals surface area (Å²) >= 11 is 3.33.